The first-order valence-electron chi connectivity index (χ1n) is 4.45. The zero-order valence-electron chi connectivity index (χ0n) is 7.98. The van der Waals surface area contributed by atoms with E-state index in [1.165, 1.54) is 0 Å². The molecule has 0 spiro atoms. The minimum absolute atomic E-state index is 0.712. The van der Waals surface area contributed by atoms with Crippen LogP contribution in [0.25, 0.3) is 0 Å². The van der Waals surface area contributed by atoms with Crippen LogP contribution in [0.5, 0.6) is 11.5 Å². The summed E-state index contributed by atoms with van der Waals surface area (Å²) in [6.45, 7) is 3.85. The highest BCUT2D eigenvalue weighted by Gasteiger charge is 2.02. The van der Waals surface area contributed by atoms with Gasteiger partial charge in [-0.2, -0.15) is 0 Å². The van der Waals surface area contributed by atoms with Gasteiger partial charge in [0.25, 0.3) is 0 Å². The van der Waals surface area contributed by atoms with Gasteiger partial charge in [0.2, 0.25) is 0 Å². The smallest absolute Gasteiger partial charge is 0.145 e. The molecule has 0 fully saturated rings. The quantitative estimate of drug-likeness (QED) is 0.821. The molecule has 2 aromatic rings. The summed E-state index contributed by atoms with van der Waals surface area (Å²) in [4.78, 5) is 3.98. The predicted molar refractivity (Wildman–Crippen MR) is 62.9 cm³/mol. The van der Waals surface area contributed by atoms with E-state index in [2.05, 4.69) is 27.8 Å². The molecule has 0 amide bonds. The fraction of sp³-hybridized carbons (Fsp3) is 0. The number of pyridine rings is 1. The monoisotopic (exact) mass is 262 g/mol. The third-order valence-electron chi connectivity index (χ3n) is 1.86. The molecule has 0 saturated heterocycles. The first-order valence-corrected chi connectivity index (χ1v) is 5.24. The minimum Gasteiger partial charge on any atom is -0.455 e. The maximum atomic E-state index is 5.64. The van der Waals surface area contributed by atoms with Gasteiger partial charge in [-0.25, -0.2) is 0 Å². The lowest BCUT2D eigenvalue weighted by Gasteiger charge is -2.07. The van der Waals surface area contributed by atoms with Gasteiger partial charge in [0.05, 0.1) is 10.7 Å². The standard InChI is InChI=1S/C12H9BrNO/c1-9-4-5-11(13)12(7-9)15-10-3-2-6-14-8-10/h2-8H,1H2. The predicted octanol–water partition coefficient (Wildman–Crippen LogP) is 3.82. The number of hydrogen-bond acceptors (Lipinski definition) is 2. The zero-order chi connectivity index (χ0) is 10.7. The molecular formula is C12H9BrNO. The Morgan fingerprint density at radius 1 is 1.27 bits per heavy atom. The Kier molecular flexibility index (Phi) is 3.02. The lowest BCUT2D eigenvalue weighted by molar-refractivity contribution is 0.477. The number of aromatic nitrogens is 1. The lowest BCUT2D eigenvalue weighted by Crippen LogP contribution is -1.86. The highest BCUT2D eigenvalue weighted by molar-refractivity contribution is 9.10. The molecule has 75 valence electrons. The van der Waals surface area contributed by atoms with Gasteiger partial charge >= 0.3 is 0 Å². The summed E-state index contributed by atoms with van der Waals surface area (Å²) in [6.07, 6.45) is 3.38. The largest absolute Gasteiger partial charge is 0.455 e. The molecule has 2 nitrogen and oxygen atoms in total. The topological polar surface area (TPSA) is 22.1 Å². The molecule has 0 aliphatic carbocycles. The second kappa shape index (κ2) is 4.45. The van der Waals surface area contributed by atoms with Crippen LogP contribution in [0.2, 0.25) is 0 Å². The van der Waals surface area contributed by atoms with Crippen molar-refractivity contribution in [3.8, 4) is 11.5 Å². The Bertz CT molecular complexity index is 456. The Labute approximate surface area is 97.1 Å². The van der Waals surface area contributed by atoms with Crippen molar-refractivity contribution in [1.29, 1.82) is 0 Å². The second-order valence-corrected chi connectivity index (χ2v) is 3.91. The van der Waals surface area contributed by atoms with E-state index in [-0.39, 0.29) is 0 Å². The van der Waals surface area contributed by atoms with Gasteiger partial charge in [-0.05, 0) is 52.7 Å². The molecule has 0 unspecified atom stereocenters. The number of nitrogens with zero attached hydrogens (tertiary/aromatic N) is 1. The molecule has 2 rings (SSSR count). The van der Waals surface area contributed by atoms with E-state index in [1.54, 1.807) is 12.4 Å². The minimum atomic E-state index is 0.712. The van der Waals surface area contributed by atoms with Crippen LogP contribution in [0, 0.1) is 6.92 Å². The van der Waals surface area contributed by atoms with Gasteiger partial charge in [-0.3, -0.25) is 4.98 Å². The van der Waals surface area contributed by atoms with Crippen LogP contribution in [-0.4, -0.2) is 4.98 Å². The van der Waals surface area contributed by atoms with Crippen molar-refractivity contribution >= 4 is 15.9 Å². The zero-order valence-corrected chi connectivity index (χ0v) is 9.57. The van der Waals surface area contributed by atoms with Gasteiger partial charge in [0, 0.05) is 6.20 Å². The van der Waals surface area contributed by atoms with Crippen molar-refractivity contribution in [3.05, 3.63) is 59.7 Å². The molecule has 1 aromatic carbocycles. The summed E-state index contributed by atoms with van der Waals surface area (Å²) in [7, 11) is 0. The molecule has 1 radical (unpaired) electrons. The molecule has 0 saturated carbocycles. The molecular weight excluding hydrogens is 254 g/mol. The molecule has 0 aliphatic rings. The average Bonchev–Trinajstić information content (AvgIpc) is 2.25. The molecule has 15 heavy (non-hydrogen) atoms. The lowest BCUT2D eigenvalue weighted by atomic mass is 10.2. The van der Waals surface area contributed by atoms with Crippen molar-refractivity contribution < 1.29 is 4.74 Å². The highest BCUT2D eigenvalue weighted by Crippen LogP contribution is 2.29. The first kappa shape index (κ1) is 10.2. The first-order chi connectivity index (χ1) is 7.25. The summed E-state index contributed by atoms with van der Waals surface area (Å²) in [5.74, 6) is 1.46. The Balaban J connectivity index is 2.28. The molecule has 0 bridgehead atoms. The van der Waals surface area contributed by atoms with Gasteiger partial charge < -0.3 is 4.74 Å². The second-order valence-electron chi connectivity index (χ2n) is 3.06. The van der Waals surface area contributed by atoms with Gasteiger partial charge in [-0.15, -0.1) is 0 Å². The van der Waals surface area contributed by atoms with Gasteiger partial charge in [-0.1, -0.05) is 6.07 Å². The third kappa shape index (κ3) is 2.57. The number of rotatable bonds is 2. The Morgan fingerprint density at radius 2 is 2.13 bits per heavy atom. The molecule has 1 aromatic heterocycles. The molecule has 0 atom stereocenters. The summed E-state index contributed by atoms with van der Waals surface area (Å²) in [5.41, 5.74) is 0.914. The van der Waals surface area contributed by atoms with E-state index in [9.17, 15) is 0 Å². The van der Waals surface area contributed by atoms with E-state index in [4.69, 9.17) is 4.74 Å². The van der Waals surface area contributed by atoms with E-state index >= 15 is 0 Å². The summed E-state index contributed by atoms with van der Waals surface area (Å²) < 4.78 is 6.54. The van der Waals surface area contributed by atoms with Crippen LogP contribution < -0.4 is 4.74 Å². The van der Waals surface area contributed by atoms with Crippen LogP contribution in [0.3, 0.4) is 0 Å². The van der Waals surface area contributed by atoms with E-state index in [0.717, 1.165) is 15.8 Å². The van der Waals surface area contributed by atoms with Crippen molar-refractivity contribution in [1.82, 2.24) is 4.98 Å². The van der Waals surface area contributed by atoms with E-state index in [1.807, 2.05) is 30.3 Å². The maximum Gasteiger partial charge on any atom is 0.145 e. The third-order valence-corrected chi connectivity index (χ3v) is 2.51. The molecule has 1 heterocycles. The van der Waals surface area contributed by atoms with Crippen molar-refractivity contribution in [2.24, 2.45) is 0 Å². The Hall–Kier alpha value is -1.35. The number of ether oxygens (including phenoxy) is 1. The van der Waals surface area contributed by atoms with Crippen LogP contribution in [0.1, 0.15) is 5.56 Å². The van der Waals surface area contributed by atoms with Crippen LogP contribution >= 0.6 is 15.9 Å². The van der Waals surface area contributed by atoms with Gasteiger partial charge in [0.15, 0.2) is 0 Å². The van der Waals surface area contributed by atoms with Crippen LogP contribution in [-0.2, 0) is 0 Å². The maximum absolute atomic E-state index is 5.64. The fourth-order valence-electron chi connectivity index (χ4n) is 1.16. The molecule has 3 heteroatoms. The van der Waals surface area contributed by atoms with E-state index < -0.39 is 0 Å². The van der Waals surface area contributed by atoms with Crippen molar-refractivity contribution in [2.75, 3.05) is 0 Å². The summed E-state index contributed by atoms with van der Waals surface area (Å²) in [6, 6.07) is 9.39. The highest BCUT2D eigenvalue weighted by atomic mass is 79.9. The van der Waals surface area contributed by atoms with Crippen molar-refractivity contribution in [2.45, 2.75) is 0 Å². The van der Waals surface area contributed by atoms with Crippen molar-refractivity contribution in [3.63, 3.8) is 0 Å². The molecule has 0 N–H and O–H groups in total. The average molecular weight is 263 g/mol. The summed E-state index contributed by atoms with van der Waals surface area (Å²) >= 11 is 3.41. The van der Waals surface area contributed by atoms with Crippen LogP contribution in [0.4, 0.5) is 0 Å². The Morgan fingerprint density at radius 3 is 2.87 bits per heavy atom. The van der Waals surface area contributed by atoms with E-state index in [0.29, 0.717) is 5.75 Å². The number of halogens is 1. The SMILES string of the molecule is [CH2]c1ccc(Br)c(Oc2cccnc2)c1. The number of benzene rings is 1. The summed E-state index contributed by atoms with van der Waals surface area (Å²) in [5, 5.41) is 0. The number of hydrogen-bond donors (Lipinski definition) is 0. The molecule has 0 aliphatic heterocycles. The van der Waals surface area contributed by atoms with Gasteiger partial charge in [0.1, 0.15) is 11.5 Å². The van der Waals surface area contributed by atoms with Crippen LogP contribution in [0.15, 0.2) is 47.2 Å². The fourth-order valence-corrected chi connectivity index (χ4v) is 1.49. The normalized spacial score (nSPS) is 10.0.